The van der Waals surface area contributed by atoms with Crippen LogP contribution in [0, 0.1) is 26.0 Å². The second kappa shape index (κ2) is 5.34. The predicted octanol–water partition coefficient (Wildman–Crippen LogP) is 2.85. The summed E-state index contributed by atoms with van der Waals surface area (Å²) in [5.41, 5.74) is -0.214. The molecule has 1 N–H and O–H groups in total. The third-order valence-electron chi connectivity index (χ3n) is 2.39. The minimum Gasteiger partial charge on any atom is -0.404 e. The molecule has 0 saturated carbocycles. The normalized spacial score (nSPS) is 10.2. The SMILES string of the molecule is O=[N+]([O-])c1cc(F)cc(NCc2ccc([N+](=O)[O-])o2)c1. The highest BCUT2D eigenvalue weighted by atomic mass is 19.1. The van der Waals surface area contributed by atoms with E-state index >= 15 is 0 Å². The Balaban J connectivity index is 2.10. The average molecular weight is 281 g/mol. The van der Waals surface area contributed by atoms with E-state index in [0.29, 0.717) is 0 Å². The maximum absolute atomic E-state index is 13.2. The van der Waals surface area contributed by atoms with E-state index in [1.54, 1.807) is 0 Å². The molecule has 0 spiro atoms. The van der Waals surface area contributed by atoms with Crippen LogP contribution in [0.25, 0.3) is 0 Å². The smallest absolute Gasteiger partial charge is 0.404 e. The zero-order valence-electron chi connectivity index (χ0n) is 9.91. The molecule has 0 radical (unpaired) electrons. The van der Waals surface area contributed by atoms with Crippen molar-refractivity contribution >= 4 is 17.3 Å². The summed E-state index contributed by atoms with van der Waals surface area (Å²) in [6, 6.07) is 5.59. The summed E-state index contributed by atoms with van der Waals surface area (Å²) >= 11 is 0. The van der Waals surface area contributed by atoms with Gasteiger partial charge in [0, 0.05) is 11.8 Å². The Labute approximate surface area is 111 Å². The molecule has 2 rings (SSSR count). The number of non-ortho nitro benzene ring substituents is 1. The molecule has 1 aromatic heterocycles. The molecule has 8 nitrogen and oxygen atoms in total. The number of hydrogen-bond acceptors (Lipinski definition) is 6. The van der Waals surface area contributed by atoms with Gasteiger partial charge in [-0.25, -0.2) is 4.39 Å². The fourth-order valence-corrected chi connectivity index (χ4v) is 1.53. The number of anilines is 1. The molecular formula is C11H8FN3O5. The van der Waals surface area contributed by atoms with Gasteiger partial charge in [0.15, 0.2) is 0 Å². The van der Waals surface area contributed by atoms with Crippen LogP contribution >= 0.6 is 0 Å². The second-order valence-electron chi connectivity index (χ2n) is 3.81. The molecule has 0 fully saturated rings. The second-order valence-corrected chi connectivity index (χ2v) is 3.81. The van der Waals surface area contributed by atoms with Crippen molar-refractivity contribution in [3.05, 3.63) is 62.1 Å². The molecular weight excluding hydrogens is 273 g/mol. The summed E-state index contributed by atoms with van der Waals surface area (Å²) in [4.78, 5) is 19.6. The van der Waals surface area contributed by atoms with Crippen molar-refractivity contribution in [3.63, 3.8) is 0 Å². The first-order valence-corrected chi connectivity index (χ1v) is 5.37. The van der Waals surface area contributed by atoms with E-state index in [2.05, 4.69) is 5.32 Å². The molecule has 20 heavy (non-hydrogen) atoms. The Morgan fingerprint density at radius 2 is 1.90 bits per heavy atom. The fourth-order valence-electron chi connectivity index (χ4n) is 1.53. The highest BCUT2D eigenvalue weighted by Gasteiger charge is 2.13. The van der Waals surface area contributed by atoms with Crippen LogP contribution in [0.15, 0.2) is 34.7 Å². The van der Waals surface area contributed by atoms with E-state index in [4.69, 9.17) is 4.42 Å². The van der Waals surface area contributed by atoms with Crippen LogP contribution in [-0.2, 0) is 6.54 Å². The van der Waals surface area contributed by atoms with Crippen molar-refractivity contribution in [1.82, 2.24) is 0 Å². The molecule has 0 aliphatic carbocycles. The van der Waals surface area contributed by atoms with E-state index in [-0.39, 0.29) is 18.0 Å². The molecule has 2 aromatic rings. The molecule has 104 valence electrons. The Kier molecular flexibility index (Phi) is 3.60. The van der Waals surface area contributed by atoms with Gasteiger partial charge in [0.05, 0.1) is 23.6 Å². The van der Waals surface area contributed by atoms with Crippen molar-refractivity contribution in [2.45, 2.75) is 6.54 Å². The number of nitrogens with one attached hydrogen (secondary N) is 1. The number of nitro groups is 2. The lowest BCUT2D eigenvalue weighted by atomic mass is 10.2. The van der Waals surface area contributed by atoms with Crippen molar-refractivity contribution < 1.29 is 18.7 Å². The molecule has 1 heterocycles. The van der Waals surface area contributed by atoms with Gasteiger partial charge < -0.3 is 9.73 Å². The van der Waals surface area contributed by atoms with Crippen molar-refractivity contribution in [1.29, 1.82) is 0 Å². The third-order valence-corrected chi connectivity index (χ3v) is 2.39. The predicted molar refractivity (Wildman–Crippen MR) is 65.7 cm³/mol. The van der Waals surface area contributed by atoms with Crippen LogP contribution in [0.3, 0.4) is 0 Å². The van der Waals surface area contributed by atoms with Crippen LogP contribution in [0.4, 0.5) is 21.6 Å². The molecule has 0 aliphatic heterocycles. The highest BCUT2D eigenvalue weighted by molar-refractivity contribution is 5.51. The van der Waals surface area contributed by atoms with Gasteiger partial charge in [-0.15, -0.1) is 0 Å². The average Bonchev–Trinajstić information content (AvgIpc) is 2.84. The molecule has 0 amide bonds. The van der Waals surface area contributed by atoms with Gasteiger partial charge >= 0.3 is 5.88 Å². The summed E-state index contributed by atoms with van der Waals surface area (Å²) in [6.45, 7) is 0.0362. The van der Waals surface area contributed by atoms with E-state index < -0.39 is 27.2 Å². The van der Waals surface area contributed by atoms with Crippen LogP contribution < -0.4 is 5.32 Å². The number of rotatable bonds is 5. The van der Waals surface area contributed by atoms with E-state index in [1.165, 1.54) is 12.1 Å². The molecule has 0 atom stereocenters. The van der Waals surface area contributed by atoms with E-state index in [9.17, 15) is 24.6 Å². The topological polar surface area (TPSA) is 111 Å². The number of hydrogen-bond donors (Lipinski definition) is 1. The lowest BCUT2D eigenvalue weighted by Crippen LogP contribution is -2.00. The van der Waals surface area contributed by atoms with Gasteiger partial charge in [-0.2, -0.15) is 0 Å². The Morgan fingerprint density at radius 3 is 2.50 bits per heavy atom. The van der Waals surface area contributed by atoms with Crippen LogP contribution in [0.2, 0.25) is 0 Å². The third kappa shape index (κ3) is 3.07. The van der Waals surface area contributed by atoms with Crippen LogP contribution in [0.5, 0.6) is 0 Å². The number of nitro benzene ring substituents is 1. The number of benzene rings is 1. The lowest BCUT2D eigenvalue weighted by Gasteiger charge is -2.04. The number of nitrogens with zero attached hydrogens (tertiary/aromatic N) is 2. The summed E-state index contributed by atoms with van der Waals surface area (Å²) in [7, 11) is 0. The Bertz CT molecular complexity index is 670. The zero-order chi connectivity index (χ0) is 14.7. The van der Waals surface area contributed by atoms with Crippen molar-refractivity contribution in [2.24, 2.45) is 0 Å². The van der Waals surface area contributed by atoms with Crippen molar-refractivity contribution in [3.8, 4) is 0 Å². The largest absolute Gasteiger partial charge is 0.433 e. The Hall–Kier alpha value is -2.97. The first-order chi connectivity index (χ1) is 9.45. The molecule has 0 saturated heterocycles. The standard InChI is InChI=1S/C11H8FN3O5/c12-7-3-8(5-9(4-7)14(16)17)13-6-10-1-2-11(20-10)15(18)19/h1-5,13H,6H2. The van der Waals surface area contributed by atoms with Crippen LogP contribution in [0.1, 0.15) is 5.76 Å². The molecule has 0 bridgehead atoms. The van der Waals surface area contributed by atoms with Gasteiger partial charge in [0.25, 0.3) is 5.69 Å². The van der Waals surface area contributed by atoms with E-state index in [0.717, 1.165) is 18.2 Å². The number of furan rings is 1. The summed E-state index contributed by atoms with van der Waals surface area (Å²) < 4.78 is 18.1. The Morgan fingerprint density at radius 1 is 1.15 bits per heavy atom. The van der Waals surface area contributed by atoms with Crippen molar-refractivity contribution in [2.75, 3.05) is 5.32 Å². The first kappa shape index (κ1) is 13.5. The quantitative estimate of drug-likeness (QED) is 0.666. The number of halogens is 1. The minimum atomic E-state index is -0.757. The van der Waals surface area contributed by atoms with E-state index in [1.807, 2.05) is 0 Å². The molecule has 0 aliphatic rings. The molecule has 9 heteroatoms. The van der Waals surface area contributed by atoms with Gasteiger partial charge in [-0.1, -0.05) is 0 Å². The van der Waals surface area contributed by atoms with Gasteiger partial charge in [-0.3, -0.25) is 20.2 Å². The minimum absolute atomic E-state index is 0.0362. The summed E-state index contributed by atoms with van der Waals surface area (Å²) in [5.74, 6) is -0.914. The maximum atomic E-state index is 13.2. The van der Waals surface area contributed by atoms with Gasteiger partial charge in [0.1, 0.15) is 16.5 Å². The monoisotopic (exact) mass is 281 g/mol. The molecule has 0 unspecified atom stereocenters. The zero-order valence-corrected chi connectivity index (χ0v) is 9.91. The maximum Gasteiger partial charge on any atom is 0.433 e. The molecule has 1 aromatic carbocycles. The van der Waals surface area contributed by atoms with Gasteiger partial charge in [-0.05, 0) is 12.1 Å². The fraction of sp³-hybridized carbons (Fsp3) is 0.0909. The van der Waals surface area contributed by atoms with Gasteiger partial charge in [0.2, 0.25) is 0 Å². The lowest BCUT2D eigenvalue weighted by molar-refractivity contribution is -0.402. The first-order valence-electron chi connectivity index (χ1n) is 5.37. The van der Waals surface area contributed by atoms with Crippen LogP contribution in [-0.4, -0.2) is 9.85 Å². The highest BCUT2D eigenvalue weighted by Crippen LogP contribution is 2.21. The summed E-state index contributed by atoms with van der Waals surface area (Å²) in [5, 5.41) is 23.7. The summed E-state index contributed by atoms with van der Waals surface area (Å²) in [6.07, 6.45) is 0.